The predicted octanol–water partition coefficient (Wildman–Crippen LogP) is 2.26. The Kier molecular flexibility index (Phi) is 4.09. The normalized spacial score (nSPS) is 18.4. The quantitative estimate of drug-likeness (QED) is 0.846. The van der Waals surface area contributed by atoms with Crippen molar-refractivity contribution in [3.8, 4) is 11.5 Å². The smallest absolute Gasteiger partial charge is 0.312 e. The highest BCUT2D eigenvalue weighted by atomic mass is 16.7. The molecule has 24 heavy (non-hydrogen) atoms. The van der Waals surface area contributed by atoms with Crippen molar-refractivity contribution in [3.63, 3.8) is 0 Å². The summed E-state index contributed by atoms with van der Waals surface area (Å²) in [5.41, 5.74) is 1.22. The minimum Gasteiger partial charge on any atom is -0.493 e. The fourth-order valence-electron chi connectivity index (χ4n) is 2.73. The van der Waals surface area contributed by atoms with E-state index >= 15 is 0 Å². The number of rotatable bonds is 4. The van der Waals surface area contributed by atoms with Crippen LogP contribution in [0.1, 0.15) is 25.8 Å². The number of methoxy groups -OCH3 is 2. The Morgan fingerprint density at radius 3 is 2.62 bits per heavy atom. The van der Waals surface area contributed by atoms with Crippen LogP contribution in [0.2, 0.25) is 0 Å². The molecule has 0 spiro atoms. The topological polar surface area (TPSA) is 69.6 Å². The maximum absolute atomic E-state index is 12.6. The molecule has 1 amide bonds. The van der Waals surface area contributed by atoms with E-state index in [2.05, 4.69) is 5.10 Å². The first-order valence-electron chi connectivity index (χ1n) is 7.55. The van der Waals surface area contributed by atoms with Crippen molar-refractivity contribution in [1.29, 1.82) is 0 Å². The van der Waals surface area contributed by atoms with Gasteiger partial charge in [-0.15, -0.1) is 0 Å². The Hall–Kier alpha value is -2.70. The summed E-state index contributed by atoms with van der Waals surface area (Å²) in [6.07, 6.45) is 1.94. The van der Waals surface area contributed by atoms with Crippen molar-refractivity contribution in [2.75, 3.05) is 21.0 Å². The number of benzene rings is 1. The van der Waals surface area contributed by atoms with E-state index in [1.807, 2.05) is 32.0 Å². The van der Waals surface area contributed by atoms with Gasteiger partial charge in [0.15, 0.2) is 11.5 Å². The largest absolute Gasteiger partial charge is 0.493 e. The zero-order valence-electron chi connectivity index (χ0n) is 14.2. The minimum atomic E-state index is -0.466. The van der Waals surface area contributed by atoms with Gasteiger partial charge in [0.2, 0.25) is 12.6 Å². The van der Waals surface area contributed by atoms with Crippen LogP contribution in [0.25, 0.3) is 0 Å². The van der Waals surface area contributed by atoms with Gasteiger partial charge in [-0.2, -0.15) is 5.10 Å². The molecule has 0 fully saturated rings. The van der Waals surface area contributed by atoms with Gasteiger partial charge >= 0.3 is 5.91 Å². The zero-order valence-corrected chi connectivity index (χ0v) is 14.2. The molecule has 2 aliphatic rings. The number of hydrogen-bond donors (Lipinski definition) is 0. The second-order valence-electron chi connectivity index (χ2n) is 6.13. The Morgan fingerprint density at radius 1 is 1.25 bits per heavy atom. The molecule has 7 heteroatoms. The fourth-order valence-corrected chi connectivity index (χ4v) is 2.73. The van der Waals surface area contributed by atoms with Crippen LogP contribution in [0.5, 0.6) is 11.5 Å². The van der Waals surface area contributed by atoms with E-state index in [0.29, 0.717) is 17.9 Å². The third-order valence-electron chi connectivity index (χ3n) is 3.99. The summed E-state index contributed by atoms with van der Waals surface area (Å²) in [5, 5.41) is 5.96. The van der Waals surface area contributed by atoms with Crippen LogP contribution in [0.15, 0.2) is 35.3 Å². The van der Waals surface area contributed by atoms with E-state index in [1.54, 1.807) is 14.2 Å². The summed E-state index contributed by atoms with van der Waals surface area (Å²) in [6.45, 7) is 3.97. The van der Waals surface area contributed by atoms with Gasteiger partial charge in [-0.05, 0) is 32.0 Å². The van der Waals surface area contributed by atoms with Crippen molar-refractivity contribution < 1.29 is 23.7 Å². The van der Waals surface area contributed by atoms with E-state index in [4.69, 9.17) is 18.9 Å². The number of hydrazone groups is 1. The van der Waals surface area contributed by atoms with Crippen molar-refractivity contribution >= 4 is 11.6 Å². The zero-order chi connectivity index (χ0) is 17.3. The minimum absolute atomic E-state index is 0.0571. The average Bonchev–Trinajstić information content (AvgIpc) is 3.21. The molecule has 0 bridgehead atoms. The van der Waals surface area contributed by atoms with Crippen molar-refractivity contribution in [2.24, 2.45) is 5.10 Å². The highest BCUT2D eigenvalue weighted by Crippen LogP contribution is 2.34. The lowest BCUT2D eigenvalue weighted by Gasteiger charge is -2.28. The number of carbonyl (C=O) groups is 1. The van der Waals surface area contributed by atoms with Gasteiger partial charge in [-0.25, -0.2) is 5.01 Å². The molecule has 0 aliphatic carbocycles. The van der Waals surface area contributed by atoms with E-state index in [-0.39, 0.29) is 18.5 Å². The first-order chi connectivity index (χ1) is 11.5. The van der Waals surface area contributed by atoms with Crippen LogP contribution in [-0.2, 0) is 14.3 Å². The lowest BCUT2D eigenvalue weighted by Crippen LogP contribution is -2.41. The summed E-state index contributed by atoms with van der Waals surface area (Å²) in [5.74, 6) is 1.12. The summed E-state index contributed by atoms with van der Waals surface area (Å²) in [4.78, 5) is 12.6. The van der Waals surface area contributed by atoms with Crippen molar-refractivity contribution in [1.82, 2.24) is 5.01 Å². The maximum atomic E-state index is 12.6. The molecule has 7 nitrogen and oxygen atoms in total. The molecule has 128 valence electrons. The van der Waals surface area contributed by atoms with Gasteiger partial charge in [-0.3, -0.25) is 4.79 Å². The molecule has 0 saturated heterocycles. The van der Waals surface area contributed by atoms with Gasteiger partial charge < -0.3 is 18.9 Å². The van der Waals surface area contributed by atoms with E-state index in [9.17, 15) is 4.79 Å². The van der Waals surface area contributed by atoms with E-state index < -0.39 is 5.54 Å². The Labute approximate surface area is 140 Å². The fraction of sp³-hybridized carbons (Fsp3) is 0.412. The van der Waals surface area contributed by atoms with Crippen LogP contribution in [-0.4, -0.2) is 43.2 Å². The molecule has 3 rings (SSSR count). The summed E-state index contributed by atoms with van der Waals surface area (Å²) < 4.78 is 20.7. The SMILES string of the molecule is COc1ccc(C2=NN(C(=O)C3=COCO3)C(C)(C)C2)cc1OC. The highest BCUT2D eigenvalue weighted by molar-refractivity contribution is 6.05. The number of hydrogen-bond acceptors (Lipinski definition) is 6. The second-order valence-corrected chi connectivity index (χ2v) is 6.13. The molecule has 1 aromatic rings. The molecule has 0 radical (unpaired) electrons. The monoisotopic (exact) mass is 332 g/mol. The summed E-state index contributed by atoms with van der Waals surface area (Å²) in [6, 6.07) is 5.58. The lowest BCUT2D eigenvalue weighted by atomic mass is 9.94. The van der Waals surface area contributed by atoms with E-state index in [0.717, 1.165) is 11.3 Å². The molecule has 1 aromatic carbocycles. The van der Waals surface area contributed by atoms with Crippen LogP contribution in [0.4, 0.5) is 0 Å². The van der Waals surface area contributed by atoms with Crippen LogP contribution < -0.4 is 9.47 Å². The summed E-state index contributed by atoms with van der Waals surface area (Å²) >= 11 is 0. The lowest BCUT2D eigenvalue weighted by molar-refractivity contribution is -0.135. The first-order valence-corrected chi connectivity index (χ1v) is 7.55. The maximum Gasteiger partial charge on any atom is 0.312 e. The summed E-state index contributed by atoms with van der Waals surface area (Å²) in [7, 11) is 3.17. The van der Waals surface area contributed by atoms with Crippen LogP contribution >= 0.6 is 0 Å². The number of nitrogens with zero attached hydrogens (tertiary/aromatic N) is 2. The molecule has 2 aliphatic heterocycles. The number of carbonyl (C=O) groups excluding carboxylic acids is 1. The molecule has 0 aromatic heterocycles. The number of ether oxygens (including phenoxy) is 4. The van der Waals surface area contributed by atoms with Gasteiger partial charge in [-0.1, -0.05) is 0 Å². The molecule has 0 saturated carbocycles. The molecule has 0 unspecified atom stereocenters. The van der Waals surface area contributed by atoms with Crippen LogP contribution in [0.3, 0.4) is 0 Å². The third-order valence-corrected chi connectivity index (χ3v) is 3.99. The van der Waals surface area contributed by atoms with Gasteiger partial charge in [0.1, 0.15) is 6.26 Å². The van der Waals surface area contributed by atoms with E-state index in [1.165, 1.54) is 11.3 Å². The Balaban J connectivity index is 1.92. The standard InChI is InChI=1S/C17H20N2O5/c1-17(2)8-12(11-5-6-13(21-3)14(7-11)22-4)18-19(17)16(20)15-9-23-10-24-15/h5-7,9H,8,10H2,1-4H3. The third kappa shape index (κ3) is 2.77. The van der Waals surface area contributed by atoms with Gasteiger partial charge in [0.05, 0.1) is 25.5 Å². The van der Waals surface area contributed by atoms with Gasteiger partial charge in [0, 0.05) is 12.0 Å². The Morgan fingerprint density at radius 2 is 2.00 bits per heavy atom. The number of amides is 1. The van der Waals surface area contributed by atoms with Crippen LogP contribution in [0, 0.1) is 0 Å². The molecular formula is C17H20N2O5. The van der Waals surface area contributed by atoms with Crippen molar-refractivity contribution in [3.05, 3.63) is 35.8 Å². The Bertz CT molecular complexity index is 724. The first kappa shape index (κ1) is 16.2. The molecule has 0 atom stereocenters. The highest BCUT2D eigenvalue weighted by Gasteiger charge is 2.41. The van der Waals surface area contributed by atoms with Gasteiger partial charge in [0.25, 0.3) is 0 Å². The average molecular weight is 332 g/mol. The predicted molar refractivity (Wildman–Crippen MR) is 86.7 cm³/mol. The molecular weight excluding hydrogens is 312 g/mol. The van der Waals surface area contributed by atoms with Crippen molar-refractivity contribution in [2.45, 2.75) is 25.8 Å². The molecule has 2 heterocycles. The molecule has 0 N–H and O–H groups in total. The second kappa shape index (κ2) is 6.07.